The molecule has 0 saturated carbocycles. The van der Waals surface area contributed by atoms with Gasteiger partial charge >= 0.3 is 0 Å². The molecular weight excluding hydrogens is 262 g/mol. The molecule has 0 spiro atoms. The van der Waals surface area contributed by atoms with Crippen LogP contribution in [0.2, 0.25) is 0 Å². The van der Waals surface area contributed by atoms with Crippen LogP contribution >= 0.6 is 0 Å². The van der Waals surface area contributed by atoms with Crippen LogP contribution in [-0.2, 0) is 9.84 Å². The van der Waals surface area contributed by atoms with Gasteiger partial charge in [0.15, 0.2) is 9.84 Å². The Hall–Kier alpha value is -1.40. The van der Waals surface area contributed by atoms with Gasteiger partial charge in [-0.1, -0.05) is 13.8 Å². The SMILES string of the molecule is CC(C)C(CN)c1nc2ccc(S(C)(=O)=O)cc2[nH]1. The van der Waals surface area contributed by atoms with Crippen LogP contribution in [0.3, 0.4) is 0 Å². The maximum Gasteiger partial charge on any atom is 0.175 e. The number of aromatic amines is 1. The smallest absolute Gasteiger partial charge is 0.175 e. The normalized spacial score (nSPS) is 14.2. The lowest BCUT2D eigenvalue weighted by Gasteiger charge is -2.15. The lowest BCUT2D eigenvalue weighted by atomic mass is 9.95. The minimum Gasteiger partial charge on any atom is -0.342 e. The quantitative estimate of drug-likeness (QED) is 0.892. The molecule has 6 heteroatoms. The molecule has 3 N–H and O–H groups in total. The van der Waals surface area contributed by atoms with Crippen LogP contribution in [0.1, 0.15) is 25.6 Å². The Kier molecular flexibility index (Phi) is 3.64. The maximum atomic E-state index is 11.5. The predicted octanol–water partition coefficient (Wildman–Crippen LogP) is 1.66. The first-order chi connectivity index (χ1) is 8.82. The standard InChI is InChI=1S/C13H19N3O2S/c1-8(2)10(7-14)13-15-11-5-4-9(19(3,17)18)6-12(11)16-13/h4-6,8,10H,7,14H2,1-3H3,(H,15,16). The number of nitrogens with zero attached hydrogens (tertiary/aromatic N) is 1. The van der Waals surface area contributed by atoms with Gasteiger partial charge in [-0.05, 0) is 24.1 Å². The molecular formula is C13H19N3O2S. The van der Waals surface area contributed by atoms with Crippen LogP contribution in [0.5, 0.6) is 0 Å². The number of benzene rings is 1. The van der Waals surface area contributed by atoms with Crippen molar-refractivity contribution < 1.29 is 8.42 Å². The van der Waals surface area contributed by atoms with E-state index < -0.39 is 9.84 Å². The molecule has 1 unspecified atom stereocenters. The molecule has 2 aromatic rings. The van der Waals surface area contributed by atoms with Gasteiger partial charge in [0, 0.05) is 18.7 Å². The zero-order valence-corrected chi connectivity index (χ0v) is 12.2. The van der Waals surface area contributed by atoms with E-state index in [0.29, 0.717) is 17.4 Å². The third kappa shape index (κ3) is 2.79. The number of sulfone groups is 1. The summed E-state index contributed by atoms with van der Waals surface area (Å²) in [5, 5.41) is 0. The summed E-state index contributed by atoms with van der Waals surface area (Å²) in [7, 11) is -3.20. The van der Waals surface area contributed by atoms with Crippen molar-refractivity contribution in [3.8, 4) is 0 Å². The van der Waals surface area contributed by atoms with Crippen molar-refractivity contribution in [1.82, 2.24) is 9.97 Å². The predicted molar refractivity (Wildman–Crippen MR) is 75.8 cm³/mol. The van der Waals surface area contributed by atoms with Crippen LogP contribution in [-0.4, -0.2) is 31.2 Å². The van der Waals surface area contributed by atoms with Gasteiger partial charge in [0.05, 0.1) is 15.9 Å². The van der Waals surface area contributed by atoms with E-state index in [1.165, 1.54) is 6.26 Å². The van der Waals surface area contributed by atoms with E-state index in [4.69, 9.17) is 5.73 Å². The number of H-pyrrole nitrogens is 1. The molecule has 1 atom stereocenters. The van der Waals surface area contributed by atoms with Crippen molar-refractivity contribution >= 4 is 20.9 Å². The van der Waals surface area contributed by atoms with Gasteiger partial charge in [0.2, 0.25) is 0 Å². The number of hydrogen-bond donors (Lipinski definition) is 2. The van der Waals surface area contributed by atoms with Crippen molar-refractivity contribution in [3.63, 3.8) is 0 Å². The summed E-state index contributed by atoms with van der Waals surface area (Å²) in [6.45, 7) is 4.69. The van der Waals surface area contributed by atoms with Gasteiger partial charge in [0.1, 0.15) is 5.82 Å². The summed E-state index contributed by atoms with van der Waals surface area (Å²) < 4.78 is 23.1. The van der Waals surface area contributed by atoms with Crippen molar-refractivity contribution in [2.45, 2.75) is 24.7 Å². The molecule has 19 heavy (non-hydrogen) atoms. The summed E-state index contributed by atoms with van der Waals surface area (Å²) in [5.74, 6) is 1.34. The van der Waals surface area contributed by atoms with E-state index in [9.17, 15) is 8.42 Å². The third-order valence-corrected chi connectivity index (χ3v) is 4.42. The Bertz CT molecular complexity index is 689. The number of fused-ring (bicyclic) bond motifs is 1. The van der Waals surface area contributed by atoms with Crippen LogP contribution in [0, 0.1) is 5.92 Å². The van der Waals surface area contributed by atoms with E-state index in [1.807, 2.05) is 0 Å². The molecule has 5 nitrogen and oxygen atoms in total. The molecule has 0 radical (unpaired) electrons. The highest BCUT2D eigenvalue weighted by Crippen LogP contribution is 2.24. The first-order valence-corrected chi connectivity index (χ1v) is 8.12. The average molecular weight is 281 g/mol. The highest BCUT2D eigenvalue weighted by molar-refractivity contribution is 7.90. The van der Waals surface area contributed by atoms with Gasteiger partial charge in [-0.2, -0.15) is 0 Å². The largest absolute Gasteiger partial charge is 0.342 e. The molecule has 2 rings (SSSR count). The summed E-state index contributed by atoms with van der Waals surface area (Å²) in [6.07, 6.45) is 1.20. The van der Waals surface area contributed by atoms with E-state index in [1.54, 1.807) is 18.2 Å². The number of hydrogen-bond acceptors (Lipinski definition) is 4. The van der Waals surface area contributed by atoms with Crippen LogP contribution < -0.4 is 5.73 Å². The van der Waals surface area contributed by atoms with Gasteiger partial charge in [-0.25, -0.2) is 13.4 Å². The Morgan fingerprint density at radius 1 is 1.37 bits per heavy atom. The number of nitrogens with two attached hydrogens (primary N) is 1. The van der Waals surface area contributed by atoms with Crippen LogP contribution in [0.4, 0.5) is 0 Å². The molecule has 0 aliphatic rings. The Morgan fingerprint density at radius 2 is 2.05 bits per heavy atom. The Balaban J connectivity index is 2.52. The summed E-state index contributed by atoms with van der Waals surface area (Å²) in [6, 6.07) is 4.92. The third-order valence-electron chi connectivity index (χ3n) is 3.31. The molecule has 1 aromatic heterocycles. The number of nitrogens with one attached hydrogen (secondary N) is 1. The van der Waals surface area contributed by atoms with E-state index in [-0.39, 0.29) is 5.92 Å². The molecule has 0 bridgehead atoms. The molecule has 0 aliphatic heterocycles. The second kappa shape index (κ2) is 4.94. The molecule has 0 aliphatic carbocycles. The minimum absolute atomic E-state index is 0.147. The molecule has 0 amide bonds. The Labute approximate surface area is 113 Å². The van der Waals surface area contributed by atoms with Gasteiger partial charge < -0.3 is 10.7 Å². The maximum absolute atomic E-state index is 11.5. The zero-order valence-electron chi connectivity index (χ0n) is 11.3. The van der Waals surface area contributed by atoms with E-state index in [0.717, 1.165) is 16.9 Å². The average Bonchev–Trinajstić information content (AvgIpc) is 2.70. The number of imidazole rings is 1. The zero-order chi connectivity index (χ0) is 14.2. The first kappa shape index (κ1) is 14.0. The summed E-state index contributed by atoms with van der Waals surface area (Å²) in [5.41, 5.74) is 7.27. The minimum atomic E-state index is -3.20. The van der Waals surface area contributed by atoms with Crippen LogP contribution in [0.25, 0.3) is 11.0 Å². The fourth-order valence-corrected chi connectivity index (χ4v) is 2.76. The topological polar surface area (TPSA) is 88.8 Å². The van der Waals surface area contributed by atoms with E-state index in [2.05, 4.69) is 23.8 Å². The first-order valence-electron chi connectivity index (χ1n) is 6.22. The molecule has 1 aromatic carbocycles. The molecule has 104 valence electrons. The second-order valence-corrected chi connectivity index (χ2v) is 7.18. The fourth-order valence-electron chi connectivity index (χ4n) is 2.11. The van der Waals surface area contributed by atoms with E-state index >= 15 is 0 Å². The number of aromatic nitrogens is 2. The van der Waals surface area contributed by atoms with Crippen molar-refractivity contribution in [1.29, 1.82) is 0 Å². The molecule has 0 fully saturated rings. The fraction of sp³-hybridized carbons (Fsp3) is 0.462. The summed E-state index contributed by atoms with van der Waals surface area (Å²) in [4.78, 5) is 7.98. The molecule has 0 saturated heterocycles. The number of rotatable bonds is 4. The van der Waals surface area contributed by atoms with Gasteiger partial charge in [-0.15, -0.1) is 0 Å². The lowest BCUT2D eigenvalue weighted by Crippen LogP contribution is -2.18. The monoisotopic (exact) mass is 281 g/mol. The van der Waals surface area contributed by atoms with Crippen LogP contribution in [0.15, 0.2) is 23.1 Å². The highest BCUT2D eigenvalue weighted by atomic mass is 32.2. The lowest BCUT2D eigenvalue weighted by molar-refractivity contribution is 0.488. The van der Waals surface area contributed by atoms with Crippen molar-refractivity contribution in [2.24, 2.45) is 11.7 Å². The second-order valence-electron chi connectivity index (χ2n) is 5.16. The summed E-state index contributed by atoms with van der Waals surface area (Å²) >= 11 is 0. The van der Waals surface area contributed by atoms with Crippen molar-refractivity contribution in [3.05, 3.63) is 24.0 Å². The van der Waals surface area contributed by atoms with Crippen molar-refractivity contribution in [2.75, 3.05) is 12.8 Å². The highest BCUT2D eigenvalue weighted by Gasteiger charge is 2.18. The van der Waals surface area contributed by atoms with Gasteiger partial charge in [-0.3, -0.25) is 0 Å². The molecule has 1 heterocycles. The Morgan fingerprint density at radius 3 is 2.58 bits per heavy atom. The van der Waals surface area contributed by atoms with Gasteiger partial charge in [0.25, 0.3) is 0 Å².